The van der Waals surface area contributed by atoms with Crippen molar-refractivity contribution in [2.45, 2.75) is 64.7 Å². The van der Waals surface area contributed by atoms with Crippen LogP contribution in [0.3, 0.4) is 0 Å². The first-order valence-electron chi connectivity index (χ1n) is 19.4. The van der Waals surface area contributed by atoms with E-state index in [-0.39, 0.29) is 35.7 Å². The molecule has 2 aromatic heterocycles. The van der Waals surface area contributed by atoms with Gasteiger partial charge in [0, 0.05) is 38.3 Å². The number of imidazole rings is 2. The molecule has 306 valence electrons. The van der Waals surface area contributed by atoms with Crippen molar-refractivity contribution in [3.63, 3.8) is 0 Å². The van der Waals surface area contributed by atoms with Crippen molar-refractivity contribution in [2.75, 3.05) is 41.4 Å². The van der Waals surface area contributed by atoms with Crippen LogP contribution in [0.4, 0.5) is 9.59 Å². The Labute approximate surface area is 338 Å². The van der Waals surface area contributed by atoms with Crippen LogP contribution < -0.4 is 10.6 Å². The number of benzene rings is 2. The lowest BCUT2D eigenvalue weighted by Crippen LogP contribution is -2.54. The Morgan fingerprint density at radius 2 is 1.02 bits per heavy atom. The number of methoxy groups -OCH3 is 2. The fourth-order valence-corrected chi connectivity index (χ4v) is 7.30. The molecule has 4 N–H and O–H groups in total. The van der Waals surface area contributed by atoms with E-state index in [1.807, 2.05) is 100 Å². The number of carbonyl (C=O) groups is 4. The van der Waals surface area contributed by atoms with Crippen LogP contribution in [0.1, 0.15) is 75.4 Å². The molecular weight excluding hydrogens is 741 g/mol. The van der Waals surface area contributed by atoms with Gasteiger partial charge in [-0.25, -0.2) is 29.6 Å². The summed E-state index contributed by atoms with van der Waals surface area (Å²) in [7, 11) is 6.26. The lowest BCUT2D eigenvalue weighted by atomic mass is 10.0. The highest BCUT2D eigenvalue weighted by atomic mass is 16.5. The molecular formula is C42H52N10O6. The van der Waals surface area contributed by atoms with Crippen molar-refractivity contribution in [2.24, 2.45) is 11.8 Å². The number of nitrogens with one attached hydrogen (secondary N) is 4. The molecule has 2 fully saturated rings. The zero-order valence-electron chi connectivity index (χ0n) is 34.2. The Balaban J connectivity index is 1.10. The van der Waals surface area contributed by atoms with Gasteiger partial charge in [0.25, 0.3) is 11.8 Å². The molecule has 2 aliphatic heterocycles. The molecule has 2 aliphatic rings. The molecule has 0 saturated carbocycles. The minimum absolute atomic E-state index is 0.147. The van der Waals surface area contributed by atoms with Gasteiger partial charge in [-0.2, -0.15) is 0 Å². The number of ether oxygens (including phenoxy) is 2. The number of alkyl carbamates (subject to hydrolysis) is 2. The summed E-state index contributed by atoms with van der Waals surface area (Å²) in [5.74, 6) is 7.08. The first-order chi connectivity index (χ1) is 27.8. The van der Waals surface area contributed by atoms with Gasteiger partial charge in [0.05, 0.1) is 38.0 Å². The van der Waals surface area contributed by atoms with Crippen LogP contribution >= 0.6 is 0 Å². The number of hydrogen-bond acceptors (Lipinski definition) is 10. The molecule has 6 rings (SSSR count). The molecule has 0 unspecified atom stereocenters. The second kappa shape index (κ2) is 18.0. The first-order valence-corrected chi connectivity index (χ1v) is 19.4. The molecule has 0 aliphatic carbocycles. The van der Waals surface area contributed by atoms with E-state index in [4.69, 9.17) is 9.47 Å². The molecule has 16 heteroatoms. The number of amides is 4. The third kappa shape index (κ3) is 9.01. The third-order valence-electron chi connectivity index (χ3n) is 10.6. The zero-order valence-corrected chi connectivity index (χ0v) is 34.2. The minimum atomic E-state index is -0.750. The molecule has 4 amide bonds. The molecule has 0 spiro atoms. The van der Waals surface area contributed by atoms with E-state index in [0.717, 1.165) is 33.6 Å². The van der Waals surface area contributed by atoms with Gasteiger partial charge >= 0.3 is 12.2 Å². The monoisotopic (exact) mass is 792 g/mol. The number of carbonyl (C=O) groups excluding carboxylic acids is 4. The molecule has 2 saturated heterocycles. The van der Waals surface area contributed by atoms with E-state index in [1.165, 1.54) is 14.2 Å². The summed E-state index contributed by atoms with van der Waals surface area (Å²) in [6, 6.07) is 13.6. The van der Waals surface area contributed by atoms with E-state index in [1.54, 1.807) is 22.4 Å². The smallest absolute Gasteiger partial charge is 0.407 e. The highest BCUT2D eigenvalue weighted by Crippen LogP contribution is 2.34. The van der Waals surface area contributed by atoms with Crippen LogP contribution in [-0.2, 0) is 19.1 Å². The normalized spacial score (nSPS) is 18.2. The van der Waals surface area contributed by atoms with Crippen LogP contribution in [0.2, 0.25) is 0 Å². The van der Waals surface area contributed by atoms with Crippen LogP contribution in [0, 0.1) is 23.7 Å². The lowest BCUT2D eigenvalue weighted by Gasteiger charge is -2.33. The topological polar surface area (TPSA) is 181 Å². The number of hydrogen-bond donors (Lipinski definition) is 4. The van der Waals surface area contributed by atoms with Crippen LogP contribution in [0.5, 0.6) is 0 Å². The average Bonchev–Trinajstić information content (AvgIpc) is 4.04. The fourth-order valence-electron chi connectivity index (χ4n) is 7.30. The maximum Gasteiger partial charge on any atom is 0.407 e. The second-order valence-electron chi connectivity index (χ2n) is 15.2. The zero-order chi connectivity index (χ0) is 41.7. The second-order valence-corrected chi connectivity index (χ2v) is 15.2. The van der Waals surface area contributed by atoms with Crippen molar-refractivity contribution in [3.05, 3.63) is 83.7 Å². The summed E-state index contributed by atoms with van der Waals surface area (Å²) >= 11 is 0. The Morgan fingerprint density at radius 1 is 0.655 bits per heavy atom. The highest BCUT2D eigenvalue weighted by molar-refractivity contribution is 5.87. The Morgan fingerprint density at radius 3 is 1.34 bits per heavy atom. The van der Waals surface area contributed by atoms with E-state index in [9.17, 15) is 19.2 Å². The predicted molar refractivity (Wildman–Crippen MR) is 216 cm³/mol. The molecule has 0 bridgehead atoms. The fraction of sp³-hybridized carbons (Fsp3) is 0.429. The number of aromatic amines is 2. The number of aromatic nitrogens is 4. The van der Waals surface area contributed by atoms with Crippen LogP contribution in [0.25, 0.3) is 22.5 Å². The molecule has 4 aromatic rings. The van der Waals surface area contributed by atoms with Gasteiger partial charge in [-0.05, 0) is 60.1 Å². The first kappa shape index (κ1) is 41.5. The molecule has 16 nitrogen and oxygen atoms in total. The SMILES string of the molecule is COC(=O)N[C@H](C(=O)N1[C@H](c2ncc(-c3ccc(C#Cc4ccc(-c5cnc([C@@H]6CCN(C)N6C(=O)[C@@H](NC(=O)OC)C(C)C)[nH]5)cc4)cc3)[nH]2)CCN1C)C(C)C. The molecule has 4 heterocycles. The van der Waals surface area contributed by atoms with E-state index in [2.05, 4.69) is 42.4 Å². The van der Waals surface area contributed by atoms with Gasteiger partial charge in [-0.1, -0.05) is 63.8 Å². The van der Waals surface area contributed by atoms with Gasteiger partial charge in [-0.3, -0.25) is 19.6 Å². The van der Waals surface area contributed by atoms with Crippen molar-refractivity contribution in [1.29, 1.82) is 0 Å². The maximum atomic E-state index is 13.7. The van der Waals surface area contributed by atoms with E-state index >= 15 is 0 Å². The molecule has 2 aromatic carbocycles. The number of nitrogens with zero attached hydrogens (tertiary/aromatic N) is 6. The summed E-state index contributed by atoms with van der Waals surface area (Å²) < 4.78 is 9.52. The Hall–Kier alpha value is -6.18. The van der Waals surface area contributed by atoms with Crippen molar-refractivity contribution in [1.82, 2.24) is 50.6 Å². The van der Waals surface area contributed by atoms with Gasteiger partial charge in [-0.15, -0.1) is 0 Å². The van der Waals surface area contributed by atoms with Crippen molar-refractivity contribution in [3.8, 4) is 34.4 Å². The minimum Gasteiger partial charge on any atom is -0.453 e. The number of rotatable bonds is 10. The number of hydrazine groups is 2. The summed E-state index contributed by atoms with van der Waals surface area (Å²) in [5.41, 5.74) is 5.19. The van der Waals surface area contributed by atoms with Gasteiger partial charge in [0.1, 0.15) is 35.8 Å². The molecule has 58 heavy (non-hydrogen) atoms. The largest absolute Gasteiger partial charge is 0.453 e. The summed E-state index contributed by atoms with van der Waals surface area (Å²) in [4.78, 5) is 67.4. The van der Waals surface area contributed by atoms with E-state index in [0.29, 0.717) is 37.6 Å². The van der Waals surface area contributed by atoms with Gasteiger partial charge < -0.3 is 30.1 Å². The lowest BCUT2D eigenvalue weighted by molar-refractivity contribution is -0.150. The summed E-state index contributed by atoms with van der Waals surface area (Å²) in [6.07, 6.45) is 3.61. The quantitative estimate of drug-likeness (QED) is 0.162. The average molecular weight is 793 g/mol. The predicted octanol–water partition coefficient (Wildman–Crippen LogP) is 4.87. The summed E-state index contributed by atoms with van der Waals surface area (Å²) in [5, 5.41) is 12.4. The summed E-state index contributed by atoms with van der Waals surface area (Å²) in [6.45, 7) is 8.85. The van der Waals surface area contributed by atoms with Gasteiger partial charge in [0.2, 0.25) is 0 Å². The van der Waals surface area contributed by atoms with E-state index < -0.39 is 24.3 Å². The highest BCUT2D eigenvalue weighted by Gasteiger charge is 2.42. The van der Waals surface area contributed by atoms with Crippen molar-refractivity contribution < 1.29 is 28.7 Å². The maximum absolute atomic E-state index is 13.7. The third-order valence-corrected chi connectivity index (χ3v) is 10.6. The standard InChI is InChI=1S/C42H52N10O6/c1-25(2)35(47-41(55)57-7)39(53)51-33(19-21-49(51)5)37-43-23-31(45-37)29-15-11-27(12-16-29)9-10-28-13-17-30(18-14-28)32-24-44-38(46-32)34-20-22-50(6)52(34)40(54)36(26(3)4)48-42(56)58-8/h11-18,23-26,33-36H,19-22H2,1-8H3,(H,43,45)(H,44,46)(H,47,55)(H,48,56)/t33-,34-,35-,36-/m0/s1. The molecule has 4 atom stereocenters. The number of H-pyrrole nitrogens is 2. The molecule has 0 radical (unpaired) electrons. The van der Waals surface area contributed by atoms with Crippen LogP contribution in [-0.4, -0.2) is 117 Å². The Bertz CT molecular complexity index is 2000. The van der Waals surface area contributed by atoms with Crippen molar-refractivity contribution >= 4 is 24.0 Å². The van der Waals surface area contributed by atoms with Crippen LogP contribution in [0.15, 0.2) is 60.9 Å². The van der Waals surface area contributed by atoms with Gasteiger partial charge in [0.15, 0.2) is 0 Å². The Kier molecular flexibility index (Phi) is 12.8.